The summed E-state index contributed by atoms with van der Waals surface area (Å²) in [7, 11) is 0. The van der Waals surface area contributed by atoms with Gasteiger partial charge in [-0.05, 0) is 38.5 Å². The smallest absolute Gasteiger partial charge is 0.315 e. The molecule has 0 fully saturated rings. The van der Waals surface area contributed by atoms with E-state index in [0.717, 1.165) is 12.8 Å². The lowest BCUT2D eigenvalue weighted by atomic mass is 9.86. The van der Waals surface area contributed by atoms with E-state index in [1.165, 1.54) is 0 Å². The molecule has 6 heteroatoms. The van der Waals surface area contributed by atoms with Crippen LogP contribution < -0.4 is 15.4 Å². The number of nitrogens with one attached hydrogen (secondary N) is 2. The molecule has 1 aliphatic rings. The summed E-state index contributed by atoms with van der Waals surface area (Å²) in [6.07, 6.45) is 0.951. The van der Waals surface area contributed by atoms with Gasteiger partial charge in [-0.25, -0.2) is 4.79 Å². The third-order valence-corrected chi connectivity index (χ3v) is 3.98. The molecule has 0 bridgehead atoms. The van der Waals surface area contributed by atoms with E-state index in [1.807, 2.05) is 6.92 Å². The second-order valence-electron chi connectivity index (χ2n) is 6.25. The van der Waals surface area contributed by atoms with Gasteiger partial charge in [-0.2, -0.15) is 5.26 Å². The molecule has 2 atom stereocenters. The third-order valence-electron chi connectivity index (χ3n) is 3.98. The fraction of sp³-hybridized carbons (Fsp3) is 0.529. The lowest BCUT2D eigenvalue weighted by Gasteiger charge is -2.42. The molecule has 124 valence electrons. The second kappa shape index (κ2) is 6.88. The van der Waals surface area contributed by atoms with Gasteiger partial charge in [0.1, 0.15) is 17.5 Å². The van der Waals surface area contributed by atoms with E-state index in [0.29, 0.717) is 23.4 Å². The van der Waals surface area contributed by atoms with E-state index >= 15 is 0 Å². The quantitative estimate of drug-likeness (QED) is 0.742. The van der Waals surface area contributed by atoms with E-state index in [2.05, 4.69) is 16.7 Å². The minimum Gasteiger partial charge on any atom is -0.485 e. The zero-order chi connectivity index (χ0) is 17.0. The van der Waals surface area contributed by atoms with Crippen molar-refractivity contribution in [3.8, 4) is 11.8 Å². The highest BCUT2D eigenvalue weighted by atomic mass is 16.5. The lowest BCUT2D eigenvalue weighted by Crippen LogP contribution is -2.54. The van der Waals surface area contributed by atoms with Crippen molar-refractivity contribution in [1.82, 2.24) is 10.6 Å². The Morgan fingerprint density at radius 2 is 2.22 bits per heavy atom. The maximum atomic E-state index is 12.1. The first-order chi connectivity index (χ1) is 10.9. The highest BCUT2D eigenvalue weighted by Gasteiger charge is 2.43. The van der Waals surface area contributed by atoms with Crippen LogP contribution in [0.4, 0.5) is 4.79 Å². The molecule has 23 heavy (non-hydrogen) atoms. The molecule has 2 rings (SSSR count). The summed E-state index contributed by atoms with van der Waals surface area (Å²) in [6, 6.07) is 6.09. The van der Waals surface area contributed by atoms with E-state index in [9.17, 15) is 9.90 Å². The van der Waals surface area contributed by atoms with E-state index in [4.69, 9.17) is 10.00 Å². The van der Waals surface area contributed by atoms with Crippen molar-refractivity contribution in [1.29, 1.82) is 5.26 Å². The first-order valence-electron chi connectivity index (χ1n) is 7.84. The van der Waals surface area contributed by atoms with Gasteiger partial charge in [-0.1, -0.05) is 13.3 Å². The predicted octanol–water partition coefficient (Wildman–Crippen LogP) is 2.23. The molecule has 3 N–H and O–H groups in total. The zero-order valence-corrected chi connectivity index (χ0v) is 13.7. The molecule has 0 aromatic heterocycles. The fourth-order valence-electron chi connectivity index (χ4n) is 2.60. The van der Waals surface area contributed by atoms with E-state index < -0.39 is 17.7 Å². The van der Waals surface area contributed by atoms with Crippen LogP contribution in [0.5, 0.6) is 5.75 Å². The standard InChI is InChI=1S/C17H23N3O3/c1-4-5-8-19-16(22)20-14-12-9-11(10-18)6-7-13(12)23-17(2,3)15(14)21/h6-7,9,14-15,21H,4-5,8H2,1-3H3,(H2,19,20,22)/t14?,15-/m0/s1. The SMILES string of the molecule is CCCCNC(=O)NC1c2cc(C#N)ccc2OC(C)(C)[C@H]1O. The summed E-state index contributed by atoms with van der Waals surface area (Å²) in [5, 5.41) is 25.2. The first kappa shape index (κ1) is 17.1. The third kappa shape index (κ3) is 3.74. The van der Waals surface area contributed by atoms with Gasteiger partial charge in [0, 0.05) is 12.1 Å². The number of rotatable bonds is 4. The monoisotopic (exact) mass is 317 g/mol. The number of carbonyl (C=O) groups is 1. The Hall–Kier alpha value is -2.26. The van der Waals surface area contributed by atoms with Crippen LogP contribution in [0.3, 0.4) is 0 Å². The molecule has 1 unspecified atom stereocenters. The molecule has 0 saturated carbocycles. The summed E-state index contributed by atoms with van der Waals surface area (Å²) < 4.78 is 5.81. The zero-order valence-electron chi connectivity index (χ0n) is 13.7. The van der Waals surface area contributed by atoms with Crippen LogP contribution in [0.2, 0.25) is 0 Å². The summed E-state index contributed by atoms with van der Waals surface area (Å²) in [6.45, 7) is 6.16. The van der Waals surface area contributed by atoms with Crippen molar-refractivity contribution < 1.29 is 14.6 Å². The van der Waals surface area contributed by atoms with Gasteiger partial charge in [0.25, 0.3) is 0 Å². The largest absolute Gasteiger partial charge is 0.485 e. The van der Waals surface area contributed by atoms with Gasteiger partial charge in [0.05, 0.1) is 17.7 Å². The lowest BCUT2D eigenvalue weighted by molar-refractivity contribution is -0.0621. The second-order valence-corrected chi connectivity index (χ2v) is 6.25. The van der Waals surface area contributed by atoms with Crippen molar-refractivity contribution >= 4 is 6.03 Å². The molecule has 6 nitrogen and oxygen atoms in total. The number of hydrogen-bond donors (Lipinski definition) is 3. The number of urea groups is 1. The number of nitriles is 1. The number of hydrogen-bond acceptors (Lipinski definition) is 4. The van der Waals surface area contributed by atoms with Crippen molar-refractivity contribution in [3.63, 3.8) is 0 Å². The van der Waals surface area contributed by atoms with Crippen LogP contribution in [0, 0.1) is 11.3 Å². The number of nitrogens with zero attached hydrogens (tertiary/aromatic N) is 1. The van der Waals surface area contributed by atoms with Crippen LogP contribution in [0.1, 0.15) is 50.8 Å². The summed E-state index contributed by atoms with van der Waals surface area (Å²) in [5.41, 5.74) is 0.224. The van der Waals surface area contributed by atoms with Gasteiger partial charge >= 0.3 is 6.03 Å². The van der Waals surface area contributed by atoms with Crippen LogP contribution in [-0.4, -0.2) is 29.4 Å². The number of fused-ring (bicyclic) bond motifs is 1. The number of unbranched alkanes of at least 4 members (excludes halogenated alkanes) is 1. The average Bonchev–Trinajstić information content (AvgIpc) is 2.51. The van der Waals surface area contributed by atoms with Gasteiger partial charge in [0.2, 0.25) is 0 Å². The number of benzene rings is 1. The van der Waals surface area contributed by atoms with Gasteiger partial charge in [0.15, 0.2) is 0 Å². The highest BCUT2D eigenvalue weighted by molar-refractivity contribution is 5.74. The number of aliphatic hydroxyl groups excluding tert-OH is 1. The van der Waals surface area contributed by atoms with Gasteiger partial charge in [-0.15, -0.1) is 0 Å². The summed E-state index contributed by atoms with van der Waals surface area (Å²) in [5.74, 6) is 0.568. The number of aliphatic hydroxyl groups is 1. The molecule has 0 radical (unpaired) electrons. The molecular weight excluding hydrogens is 294 g/mol. The molecule has 1 aromatic rings. The van der Waals surface area contributed by atoms with Crippen LogP contribution in [0.15, 0.2) is 18.2 Å². The van der Waals surface area contributed by atoms with Gasteiger partial charge in [-0.3, -0.25) is 0 Å². The normalized spacial score (nSPS) is 21.5. The molecule has 2 amide bonds. The van der Waals surface area contributed by atoms with Crippen molar-refractivity contribution in [2.24, 2.45) is 0 Å². The Bertz CT molecular complexity index is 622. The van der Waals surface area contributed by atoms with Crippen molar-refractivity contribution in [2.75, 3.05) is 6.54 Å². The Balaban J connectivity index is 2.26. The minimum atomic E-state index is -0.930. The summed E-state index contributed by atoms with van der Waals surface area (Å²) in [4.78, 5) is 12.1. The minimum absolute atomic E-state index is 0.339. The molecule has 0 spiro atoms. The van der Waals surface area contributed by atoms with Crippen LogP contribution in [-0.2, 0) is 0 Å². The molecule has 0 aliphatic carbocycles. The Morgan fingerprint density at radius 3 is 2.87 bits per heavy atom. The van der Waals surface area contributed by atoms with E-state index in [-0.39, 0.29) is 6.03 Å². The first-order valence-corrected chi connectivity index (χ1v) is 7.84. The molecule has 1 aromatic carbocycles. The highest BCUT2D eigenvalue weighted by Crippen LogP contribution is 2.40. The molecule has 0 saturated heterocycles. The molecule has 1 heterocycles. The predicted molar refractivity (Wildman–Crippen MR) is 86.1 cm³/mol. The maximum absolute atomic E-state index is 12.1. The number of ether oxygens (including phenoxy) is 1. The number of amides is 2. The Kier molecular flexibility index (Phi) is 5.12. The van der Waals surface area contributed by atoms with E-state index in [1.54, 1.807) is 32.0 Å². The maximum Gasteiger partial charge on any atom is 0.315 e. The van der Waals surface area contributed by atoms with Crippen molar-refractivity contribution in [2.45, 2.75) is 51.4 Å². The molecular formula is C17H23N3O3. The van der Waals surface area contributed by atoms with Gasteiger partial charge < -0.3 is 20.5 Å². The van der Waals surface area contributed by atoms with Crippen molar-refractivity contribution in [3.05, 3.63) is 29.3 Å². The van der Waals surface area contributed by atoms with Crippen LogP contribution in [0.25, 0.3) is 0 Å². The average molecular weight is 317 g/mol. The van der Waals surface area contributed by atoms with Crippen LogP contribution >= 0.6 is 0 Å². The topological polar surface area (TPSA) is 94.4 Å². The Labute approximate surface area is 136 Å². The Morgan fingerprint density at radius 1 is 1.48 bits per heavy atom. The summed E-state index contributed by atoms with van der Waals surface area (Å²) >= 11 is 0. The molecule has 1 aliphatic heterocycles. The number of carbonyl (C=O) groups excluding carboxylic acids is 1. The fourth-order valence-corrected chi connectivity index (χ4v) is 2.60.